The Balaban J connectivity index is 1.86. The van der Waals surface area contributed by atoms with Gasteiger partial charge in [-0.05, 0) is 49.6 Å². The number of hydrogen-bond donors (Lipinski definition) is 1. The van der Waals surface area contributed by atoms with Gasteiger partial charge in [-0.1, -0.05) is 0 Å². The molecule has 3 aromatic rings. The van der Waals surface area contributed by atoms with E-state index in [9.17, 15) is 9.59 Å². The molecule has 0 fully saturated rings. The molecule has 1 amide bonds. The lowest BCUT2D eigenvalue weighted by molar-refractivity contribution is -0.119. The van der Waals surface area contributed by atoms with Crippen LogP contribution in [0.3, 0.4) is 0 Å². The van der Waals surface area contributed by atoms with Crippen LogP contribution in [-0.2, 0) is 4.79 Å². The van der Waals surface area contributed by atoms with Crippen molar-refractivity contribution in [1.82, 2.24) is 14.2 Å². The molecule has 0 saturated carbocycles. The van der Waals surface area contributed by atoms with Gasteiger partial charge in [-0.3, -0.25) is 9.59 Å². The van der Waals surface area contributed by atoms with Crippen LogP contribution in [0.2, 0.25) is 0 Å². The second-order valence-electron chi connectivity index (χ2n) is 4.98. The van der Waals surface area contributed by atoms with Crippen LogP contribution in [0.4, 0.5) is 5.00 Å². The Labute approximate surface area is 135 Å². The fraction of sp³-hybridized carbons (Fsp3) is 0.200. The van der Waals surface area contributed by atoms with E-state index in [0.717, 1.165) is 10.4 Å². The number of nitrogens with one attached hydrogen (secondary N) is 1. The second kappa shape index (κ2) is 6.17. The van der Waals surface area contributed by atoms with Crippen molar-refractivity contribution in [1.29, 1.82) is 0 Å². The summed E-state index contributed by atoms with van der Waals surface area (Å²) in [7, 11) is 0. The lowest BCUT2D eigenvalue weighted by atomic mass is 10.3. The highest BCUT2D eigenvalue weighted by Gasteiger charge is 2.19. The van der Waals surface area contributed by atoms with Crippen LogP contribution in [0.5, 0.6) is 0 Å². The van der Waals surface area contributed by atoms with Crippen molar-refractivity contribution in [3.63, 3.8) is 0 Å². The van der Waals surface area contributed by atoms with Gasteiger partial charge in [0.15, 0.2) is 5.76 Å². The van der Waals surface area contributed by atoms with Crippen molar-refractivity contribution in [3.8, 4) is 11.5 Å². The number of carbonyl (C=O) groups excluding carboxylic acids is 1. The van der Waals surface area contributed by atoms with Crippen LogP contribution in [-0.4, -0.2) is 20.1 Å². The van der Waals surface area contributed by atoms with Gasteiger partial charge < -0.3 is 9.73 Å². The summed E-state index contributed by atoms with van der Waals surface area (Å²) >= 11 is 1.19. The average molecular weight is 330 g/mol. The van der Waals surface area contributed by atoms with Crippen molar-refractivity contribution in [3.05, 3.63) is 52.6 Å². The van der Waals surface area contributed by atoms with Crippen molar-refractivity contribution in [2.45, 2.75) is 19.9 Å². The van der Waals surface area contributed by atoms with E-state index in [0.29, 0.717) is 16.5 Å². The first kappa shape index (κ1) is 15.2. The Kier molecular flexibility index (Phi) is 4.07. The number of furan rings is 1. The summed E-state index contributed by atoms with van der Waals surface area (Å²) in [6, 6.07) is 7.40. The van der Waals surface area contributed by atoms with E-state index in [1.165, 1.54) is 23.9 Å². The molecule has 1 N–H and O–H groups in total. The number of amides is 1. The Morgan fingerprint density at radius 1 is 1.39 bits per heavy atom. The molecule has 0 aliphatic heterocycles. The maximum Gasteiger partial charge on any atom is 0.267 e. The summed E-state index contributed by atoms with van der Waals surface area (Å²) in [4.78, 5) is 24.3. The quantitative estimate of drug-likeness (QED) is 0.793. The zero-order chi connectivity index (χ0) is 16.4. The van der Waals surface area contributed by atoms with Gasteiger partial charge in [0.1, 0.15) is 16.7 Å². The number of hydrogen-bond acceptors (Lipinski definition) is 6. The van der Waals surface area contributed by atoms with E-state index in [2.05, 4.69) is 14.8 Å². The summed E-state index contributed by atoms with van der Waals surface area (Å²) in [6.07, 6.45) is 1.52. The van der Waals surface area contributed by atoms with Crippen molar-refractivity contribution < 1.29 is 9.21 Å². The Hall–Kier alpha value is -2.74. The van der Waals surface area contributed by atoms with Gasteiger partial charge in [0.25, 0.3) is 5.56 Å². The van der Waals surface area contributed by atoms with Gasteiger partial charge in [-0.15, -0.1) is 0 Å². The van der Waals surface area contributed by atoms with E-state index in [4.69, 9.17) is 4.42 Å². The van der Waals surface area contributed by atoms with Gasteiger partial charge >= 0.3 is 0 Å². The Bertz CT molecular complexity index is 882. The SMILES string of the molecule is Cc1cc(NC(=O)C(C)n2nc(-c3ccco3)ccc2=O)sn1. The minimum absolute atomic E-state index is 0.333. The van der Waals surface area contributed by atoms with E-state index >= 15 is 0 Å². The highest BCUT2D eigenvalue weighted by molar-refractivity contribution is 7.10. The molecular weight excluding hydrogens is 316 g/mol. The minimum Gasteiger partial charge on any atom is -0.463 e. The molecule has 3 heterocycles. The summed E-state index contributed by atoms with van der Waals surface area (Å²) in [5.41, 5.74) is 0.958. The smallest absolute Gasteiger partial charge is 0.267 e. The summed E-state index contributed by atoms with van der Waals surface area (Å²) in [5.74, 6) is 0.198. The van der Waals surface area contributed by atoms with Crippen molar-refractivity contribution >= 4 is 22.4 Å². The van der Waals surface area contributed by atoms with E-state index in [1.54, 1.807) is 31.2 Å². The third-order valence-corrected chi connectivity index (χ3v) is 4.02. The molecule has 3 rings (SSSR count). The molecule has 23 heavy (non-hydrogen) atoms. The number of anilines is 1. The molecule has 3 aromatic heterocycles. The first-order valence-electron chi connectivity index (χ1n) is 6.92. The second-order valence-corrected chi connectivity index (χ2v) is 5.78. The predicted octanol–water partition coefficient (Wildman–Crippen LogP) is 2.47. The maximum absolute atomic E-state index is 12.3. The number of aromatic nitrogens is 3. The molecule has 8 heteroatoms. The van der Waals surface area contributed by atoms with Crippen LogP contribution in [0.25, 0.3) is 11.5 Å². The van der Waals surface area contributed by atoms with Crippen molar-refractivity contribution in [2.75, 3.05) is 5.32 Å². The Morgan fingerprint density at radius 3 is 2.87 bits per heavy atom. The normalized spacial score (nSPS) is 12.1. The molecule has 118 valence electrons. The van der Waals surface area contributed by atoms with Gasteiger partial charge in [-0.25, -0.2) is 4.68 Å². The summed E-state index contributed by atoms with van der Waals surface area (Å²) < 4.78 is 10.5. The fourth-order valence-corrected chi connectivity index (χ4v) is 2.68. The average Bonchev–Trinajstić information content (AvgIpc) is 3.19. The third kappa shape index (κ3) is 3.21. The van der Waals surface area contributed by atoms with Gasteiger partial charge in [-0.2, -0.15) is 9.47 Å². The topological polar surface area (TPSA) is 90.0 Å². The molecule has 0 spiro atoms. The van der Waals surface area contributed by atoms with E-state index < -0.39 is 6.04 Å². The van der Waals surface area contributed by atoms with Crippen molar-refractivity contribution in [2.24, 2.45) is 0 Å². The lowest BCUT2D eigenvalue weighted by Crippen LogP contribution is -2.33. The predicted molar refractivity (Wildman–Crippen MR) is 86.4 cm³/mol. The number of carbonyl (C=O) groups is 1. The molecule has 1 atom stereocenters. The fourth-order valence-electron chi connectivity index (χ4n) is 2.02. The lowest BCUT2D eigenvalue weighted by Gasteiger charge is -2.13. The van der Waals surface area contributed by atoms with E-state index in [-0.39, 0.29) is 11.5 Å². The standard InChI is InChI=1S/C15H14N4O3S/c1-9-8-13(23-18-9)16-15(21)10(2)19-14(20)6-5-11(17-19)12-4-3-7-22-12/h3-8,10H,1-2H3,(H,16,21). The highest BCUT2D eigenvalue weighted by atomic mass is 32.1. The molecule has 7 nitrogen and oxygen atoms in total. The number of aryl methyl sites for hydroxylation is 1. The summed E-state index contributed by atoms with van der Waals surface area (Å²) in [5, 5.41) is 7.59. The monoisotopic (exact) mass is 330 g/mol. The number of rotatable bonds is 4. The zero-order valence-corrected chi connectivity index (χ0v) is 13.3. The van der Waals surface area contributed by atoms with Gasteiger partial charge in [0, 0.05) is 6.07 Å². The van der Waals surface area contributed by atoms with Crippen LogP contribution in [0, 0.1) is 6.92 Å². The Morgan fingerprint density at radius 2 is 2.22 bits per heavy atom. The van der Waals surface area contributed by atoms with Crippen LogP contribution in [0.15, 0.2) is 45.8 Å². The number of nitrogens with zero attached hydrogens (tertiary/aromatic N) is 3. The van der Waals surface area contributed by atoms with Crippen LogP contribution < -0.4 is 10.9 Å². The third-order valence-electron chi connectivity index (χ3n) is 3.22. The highest BCUT2D eigenvalue weighted by Crippen LogP contribution is 2.18. The molecular formula is C15H14N4O3S. The van der Waals surface area contributed by atoms with Gasteiger partial charge in [0.2, 0.25) is 5.91 Å². The van der Waals surface area contributed by atoms with Gasteiger partial charge in [0.05, 0.1) is 12.0 Å². The molecule has 0 aliphatic carbocycles. The van der Waals surface area contributed by atoms with Crippen LogP contribution in [0.1, 0.15) is 18.7 Å². The van der Waals surface area contributed by atoms with E-state index in [1.807, 2.05) is 6.92 Å². The molecule has 0 aromatic carbocycles. The molecule has 0 bridgehead atoms. The molecule has 0 aliphatic rings. The first-order valence-corrected chi connectivity index (χ1v) is 7.70. The molecule has 0 radical (unpaired) electrons. The minimum atomic E-state index is -0.764. The largest absolute Gasteiger partial charge is 0.463 e. The molecule has 0 saturated heterocycles. The molecule has 1 unspecified atom stereocenters. The zero-order valence-electron chi connectivity index (χ0n) is 12.5. The summed E-state index contributed by atoms with van der Waals surface area (Å²) in [6.45, 7) is 3.46. The van der Waals surface area contributed by atoms with Crippen LogP contribution >= 0.6 is 11.5 Å². The first-order chi connectivity index (χ1) is 11.0. The maximum atomic E-state index is 12.3.